The fraction of sp³-hybridized carbons (Fsp3) is 0.154. The molecule has 0 aromatic carbocycles. The predicted octanol–water partition coefficient (Wildman–Crippen LogP) is 4.53. The van der Waals surface area contributed by atoms with E-state index in [9.17, 15) is 0 Å². The van der Waals surface area contributed by atoms with Gasteiger partial charge in [0.05, 0.1) is 0 Å². The van der Waals surface area contributed by atoms with Crippen LogP contribution < -0.4 is 0 Å². The Morgan fingerprint density at radius 2 is 1.88 bits per heavy atom. The molecular weight excluding hydrogens is 329 g/mol. The molecule has 16 heavy (non-hydrogen) atoms. The lowest BCUT2D eigenvalue weighted by Crippen LogP contribution is -1.75. The molecule has 82 valence electrons. The number of halogens is 1. The first-order valence-corrected chi connectivity index (χ1v) is 6.91. The Bertz CT molecular complexity index is 514. The number of pyridine rings is 1. The summed E-state index contributed by atoms with van der Waals surface area (Å²) in [5, 5.41) is 0. The zero-order valence-electron chi connectivity index (χ0n) is 9.20. The van der Waals surface area contributed by atoms with Crippen LogP contribution in [0.25, 0.3) is 12.2 Å². The third-order valence-electron chi connectivity index (χ3n) is 2.40. The van der Waals surface area contributed by atoms with E-state index in [-0.39, 0.29) is 0 Å². The number of aryl methyl sites for hydroxylation is 1. The third kappa shape index (κ3) is 2.52. The third-order valence-corrected chi connectivity index (χ3v) is 5.56. The fourth-order valence-electron chi connectivity index (χ4n) is 1.46. The topological polar surface area (TPSA) is 12.9 Å². The van der Waals surface area contributed by atoms with Crippen molar-refractivity contribution in [3.63, 3.8) is 0 Å². The summed E-state index contributed by atoms with van der Waals surface area (Å²) in [6, 6.07) is 4.02. The van der Waals surface area contributed by atoms with E-state index in [1.807, 2.05) is 35.9 Å². The highest BCUT2D eigenvalue weighted by molar-refractivity contribution is 14.1. The SMILES string of the molecule is Cc1sc(C=Cc2ccncc2)c(C)c1I. The molecule has 0 aliphatic heterocycles. The second kappa shape index (κ2) is 5.10. The van der Waals surface area contributed by atoms with E-state index in [1.165, 1.54) is 24.5 Å². The summed E-state index contributed by atoms with van der Waals surface area (Å²) >= 11 is 4.26. The van der Waals surface area contributed by atoms with Crippen LogP contribution in [0.4, 0.5) is 0 Å². The van der Waals surface area contributed by atoms with E-state index in [2.05, 4.69) is 53.6 Å². The van der Waals surface area contributed by atoms with E-state index in [4.69, 9.17) is 0 Å². The molecule has 0 fully saturated rings. The van der Waals surface area contributed by atoms with E-state index >= 15 is 0 Å². The van der Waals surface area contributed by atoms with Crippen LogP contribution >= 0.6 is 33.9 Å². The van der Waals surface area contributed by atoms with Crippen LogP contribution in [0.3, 0.4) is 0 Å². The number of hydrogen-bond acceptors (Lipinski definition) is 2. The van der Waals surface area contributed by atoms with Crippen LogP contribution in [0.5, 0.6) is 0 Å². The molecule has 0 radical (unpaired) electrons. The molecule has 2 heterocycles. The Balaban J connectivity index is 2.28. The van der Waals surface area contributed by atoms with Crippen molar-refractivity contribution in [3.8, 4) is 0 Å². The molecule has 0 unspecified atom stereocenters. The standard InChI is InChI=1S/C13H12INS/c1-9-12(16-10(2)13(9)14)4-3-11-5-7-15-8-6-11/h3-8H,1-2H3. The molecule has 0 amide bonds. The maximum Gasteiger partial charge on any atom is 0.0313 e. The lowest BCUT2D eigenvalue weighted by atomic mass is 10.2. The van der Waals surface area contributed by atoms with Gasteiger partial charge in [-0.2, -0.15) is 0 Å². The second-order valence-electron chi connectivity index (χ2n) is 3.58. The zero-order valence-corrected chi connectivity index (χ0v) is 12.2. The minimum absolute atomic E-state index is 1.19. The monoisotopic (exact) mass is 341 g/mol. The highest BCUT2D eigenvalue weighted by Gasteiger charge is 2.06. The molecule has 0 aliphatic carbocycles. The molecule has 3 heteroatoms. The fourth-order valence-corrected chi connectivity index (χ4v) is 3.23. The summed E-state index contributed by atoms with van der Waals surface area (Å²) in [5.41, 5.74) is 2.57. The maximum atomic E-state index is 4.00. The van der Waals surface area contributed by atoms with Crippen LogP contribution in [0.2, 0.25) is 0 Å². The summed E-state index contributed by atoms with van der Waals surface area (Å²) < 4.78 is 1.39. The lowest BCUT2D eigenvalue weighted by molar-refractivity contribution is 1.32. The molecule has 0 spiro atoms. The molecule has 0 aliphatic rings. The van der Waals surface area contributed by atoms with Crippen molar-refractivity contribution in [1.29, 1.82) is 0 Å². The zero-order chi connectivity index (χ0) is 11.5. The predicted molar refractivity (Wildman–Crippen MR) is 79.7 cm³/mol. The van der Waals surface area contributed by atoms with Gasteiger partial charge in [-0.3, -0.25) is 4.98 Å². The number of thiophene rings is 1. The van der Waals surface area contributed by atoms with Crippen LogP contribution in [0, 0.1) is 17.4 Å². The van der Waals surface area contributed by atoms with Gasteiger partial charge in [-0.15, -0.1) is 11.3 Å². The summed E-state index contributed by atoms with van der Waals surface area (Å²) in [4.78, 5) is 6.75. The van der Waals surface area contributed by atoms with E-state index in [1.54, 1.807) is 0 Å². The Morgan fingerprint density at radius 1 is 1.19 bits per heavy atom. The molecule has 2 aromatic rings. The molecule has 0 saturated heterocycles. The van der Waals surface area contributed by atoms with Crippen molar-refractivity contribution in [1.82, 2.24) is 4.98 Å². The van der Waals surface area contributed by atoms with Gasteiger partial charge in [-0.1, -0.05) is 6.08 Å². The maximum absolute atomic E-state index is 4.00. The lowest BCUT2D eigenvalue weighted by Gasteiger charge is -1.92. The molecule has 0 N–H and O–H groups in total. The highest BCUT2D eigenvalue weighted by Crippen LogP contribution is 2.29. The van der Waals surface area contributed by atoms with Gasteiger partial charge in [0.1, 0.15) is 0 Å². The van der Waals surface area contributed by atoms with E-state index < -0.39 is 0 Å². The van der Waals surface area contributed by atoms with Crippen LogP contribution in [-0.2, 0) is 0 Å². The first-order valence-electron chi connectivity index (χ1n) is 5.02. The van der Waals surface area contributed by atoms with Gasteiger partial charge in [0, 0.05) is 25.7 Å². The van der Waals surface area contributed by atoms with E-state index in [0.29, 0.717) is 0 Å². The van der Waals surface area contributed by atoms with Gasteiger partial charge in [0.25, 0.3) is 0 Å². The van der Waals surface area contributed by atoms with Gasteiger partial charge < -0.3 is 0 Å². The van der Waals surface area contributed by atoms with Crippen molar-refractivity contribution >= 4 is 46.1 Å². The van der Waals surface area contributed by atoms with Crippen molar-refractivity contribution in [3.05, 3.63) is 49.0 Å². The Hall–Kier alpha value is -0.680. The van der Waals surface area contributed by atoms with Crippen molar-refractivity contribution in [2.24, 2.45) is 0 Å². The van der Waals surface area contributed by atoms with Gasteiger partial charge >= 0.3 is 0 Å². The summed E-state index contributed by atoms with van der Waals surface area (Å²) in [5.74, 6) is 0. The number of hydrogen-bond donors (Lipinski definition) is 0. The van der Waals surface area contributed by atoms with Crippen LogP contribution in [-0.4, -0.2) is 4.98 Å². The Kier molecular flexibility index (Phi) is 3.76. The molecule has 2 rings (SSSR count). The number of aromatic nitrogens is 1. The number of nitrogens with zero attached hydrogens (tertiary/aromatic N) is 1. The normalized spacial score (nSPS) is 11.2. The van der Waals surface area contributed by atoms with Crippen LogP contribution in [0.1, 0.15) is 20.9 Å². The molecular formula is C13H12INS. The first kappa shape index (κ1) is 11.8. The first-order chi connectivity index (χ1) is 7.68. The van der Waals surface area contributed by atoms with Crippen molar-refractivity contribution in [2.45, 2.75) is 13.8 Å². The largest absolute Gasteiger partial charge is 0.265 e. The molecule has 2 aromatic heterocycles. The van der Waals surface area contributed by atoms with Crippen molar-refractivity contribution in [2.75, 3.05) is 0 Å². The van der Waals surface area contributed by atoms with Crippen LogP contribution in [0.15, 0.2) is 24.5 Å². The highest BCUT2D eigenvalue weighted by atomic mass is 127. The van der Waals surface area contributed by atoms with Gasteiger partial charge in [-0.25, -0.2) is 0 Å². The Morgan fingerprint density at radius 3 is 2.44 bits per heavy atom. The van der Waals surface area contributed by atoms with Gasteiger partial charge in [0.2, 0.25) is 0 Å². The molecule has 1 nitrogen and oxygen atoms in total. The molecule has 0 atom stereocenters. The summed E-state index contributed by atoms with van der Waals surface area (Å²) in [6.45, 7) is 4.35. The summed E-state index contributed by atoms with van der Waals surface area (Å²) in [6.07, 6.45) is 7.95. The van der Waals surface area contributed by atoms with Gasteiger partial charge in [-0.05, 0) is 65.8 Å². The molecule has 0 saturated carbocycles. The van der Waals surface area contributed by atoms with Gasteiger partial charge in [0.15, 0.2) is 0 Å². The van der Waals surface area contributed by atoms with Crippen molar-refractivity contribution < 1.29 is 0 Å². The quantitative estimate of drug-likeness (QED) is 0.731. The minimum atomic E-state index is 1.19. The summed E-state index contributed by atoms with van der Waals surface area (Å²) in [7, 11) is 0. The average molecular weight is 341 g/mol. The second-order valence-corrected chi connectivity index (χ2v) is 5.91. The average Bonchev–Trinajstić information content (AvgIpc) is 2.56. The van der Waals surface area contributed by atoms with E-state index in [0.717, 1.165) is 0 Å². The Labute approximate surface area is 113 Å². The smallest absolute Gasteiger partial charge is 0.0313 e. The number of rotatable bonds is 2. The minimum Gasteiger partial charge on any atom is -0.265 e. The molecule has 0 bridgehead atoms.